The van der Waals surface area contributed by atoms with Crippen LogP contribution in [0.5, 0.6) is 0 Å². The number of anilines is 1. The molecule has 172 valence electrons. The summed E-state index contributed by atoms with van der Waals surface area (Å²) in [6.07, 6.45) is 2.22. The summed E-state index contributed by atoms with van der Waals surface area (Å²) in [5.74, 6) is 6.76. The van der Waals surface area contributed by atoms with E-state index in [2.05, 4.69) is 32.1 Å². The summed E-state index contributed by atoms with van der Waals surface area (Å²) in [5.41, 5.74) is 7.05. The molecule has 33 heavy (non-hydrogen) atoms. The number of aromatic nitrogens is 4. The number of imidazole rings is 1. The third-order valence-corrected chi connectivity index (χ3v) is 7.40. The Kier molecular flexibility index (Phi) is 4.92. The van der Waals surface area contributed by atoms with Gasteiger partial charge in [0, 0.05) is 38.1 Å². The van der Waals surface area contributed by atoms with Gasteiger partial charge in [0.2, 0.25) is 11.7 Å². The van der Waals surface area contributed by atoms with Crippen molar-refractivity contribution < 1.29 is 19.4 Å². The van der Waals surface area contributed by atoms with Crippen LogP contribution >= 0.6 is 0 Å². The topological polar surface area (TPSA) is 152 Å². The average Bonchev–Trinajstić information content (AvgIpc) is 3.10. The van der Waals surface area contributed by atoms with Crippen LogP contribution in [0.25, 0.3) is 11.2 Å². The third-order valence-electron chi connectivity index (χ3n) is 7.40. The zero-order valence-electron chi connectivity index (χ0n) is 18.7. The van der Waals surface area contributed by atoms with Crippen LogP contribution in [0.15, 0.2) is 16.8 Å². The fourth-order valence-corrected chi connectivity index (χ4v) is 5.59. The molecular formula is C23H26N6O4. The van der Waals surface area contributed by atoms with E-state index < -0.39 is 17.2 Å². The highest BCUT2D eigenvalue weighted by Crippen LogP contribution is 2.72. The van der Waals surface area contributed by atoms with Crippen LogP contribution in [-0.2, 0) is 4.79 Å². The first-order valence-corrected chi connectivity index (χ1v) is 10.9. The summed E-state index contributed by atoms with van der Waals surface area (Å²) >= 11 is 0. The van der Waals surface area contributed by atoms with Crippen molar-refractivity contribution in [2.75, 3.05) is 25.6 Å². The number of hydrogen-bond acceptors (Lipinski definition) is 8. The van der Waals surface area contributed by atoms with Crippen LogP contribution < -0.4 is 11.1 Å². The molecule has 3 aromatic heterocycles. The van der Waals surface area contributed by atoms with E-state index in [1.807, 2.05) is 24.5 Å². The molecule has 0 saturated heterocycles. The zero-order chi connectivity index (χ0) is 23.5. The van der Waals surface area contributed by atoms with Crippen molar-refractivity contribution in [1.29, 1.82) is 0 Å². The van der Waals surface area contributed by atoms with Gasteiger partial charge in [-0.1, -0.05) is 0 Å². The van der Waals surface area contributed by atoms with Gasteiger partial charge in [-0.05, 0) is 49.7 Å². The van der Waals surface area contributed by atoms with E-state index in [-0.39, 0.29) is 36.9 Å². The van der Waals surface area contributed by atoms with Gasteiger partial charge in [0.15, 0.2) is 22.7 Å². The van der Waals surface area contributed by atoms with Crippen molar-refractivity contribution in [3.05, 3.63) is 35.3 Å². The van der Waals surface area contributed by atoms with Gasteiger partial charge in [-0.15, -0.1) is 0 Å². The molecule has 0 radical (unpaired) electrons. The lowest BCUT2D eigenvalue weighted by atomic mass is 9.82. The van der Waals surface area contributed by atoms with Gasteiger partial charge in [0.05, 0.1) is 11.7 Å². The fraction of sp³-hybridized carbons (Fsp3) is 0.478. The molecule has 2 aliphatic rings. The molecule has 0 bridgehead atoms. The molecule has 2 aliphatic carbocycles. The molecule has 2 fully saturated rings. The molecule has 10 nitrogen and oxygen atoms in total. The van der Waals surface area contributed by atoms with Crippen LogP contribution in [0, 0.1) is 48.9 Å². The number of carbonyl (C=O) groups excluding carboxylic acids is 1. The summed E-state index contributed by atoms with van der Waals surface area (Å²) in [5, 5.41) is 23.2. The standard InChI is InChI=1S/C23H26N6O4/c1-11-6-13(33-12(11)2)4-5-17-27-20(25-3)18-21(28-17)29(10-26-18)19-14(8-30)16(9-31)23(22(24)32)7-15(19)23/h6,10,14-16,19,30-31H,7-9H2,1-3H3,(H2,24,32)(H,25,27,28). The van der Waals surface area contributed by atoms with Gasteiger partial charge in [0.25, 0.3) is 0 Å². The van der Waals surface area contributed by atoms with E-state index in [1.54, 1.807) is 13.4 Å². The third kappa shape index (κ3) is 3.03. The summed E-state index contributed by atoms with van der Waals surface area (Å²) in [6, 6.07) is 1.58. The van der Waals surface area contributed by atoms with E-state index >= 15 is 0 Å². The van der Waals surface area contributed by atoms with Crippen LogP contribution in [0.4, 0.5) is 5.82 Å². The lowest BCUT2D eigenvalue weighted by Gasteiger charge is -2.28. The van der Waals surface area contributed by atoms with Crippen molar-refractivity contribution in [3.63, 3.8) is 0 Å². The predicted molar refractivity (Wildman–Crippen MR) is 119 cm³/mol. The Bertz CT molecular complexity index is 1300. The minimum Gasteiger partial charge on any atom is -0.453 e. The van der Waals surface area contributed by atoms with Gasteiger partial charge in [-0.3, -0.25) is 4.79 Å². The van der Waals surface area contributed by atoms with E-state index in [1.165, 1.54) is 0 Å². The zero-order valence-corrected chi connectivity index (χ0v) is 18.7. The number of fused-ring (bicyclic) bond motifs is 2. The highest BCUT2D eigenvalue weighted by atomic mass is 16.3. The second kappa shape index (κ2) is 7.57. The van der Waals surface area contributed by atoms with E-state index in [0.29, 0.717) is 29.2 Å². The molecule has 3 heterocycles. The number of nitrogens with zero attached hydrogens (tertiary/aromatic N) is 4. The molecule has 1 amide bonds. The highest BCUT2D eigenvalue weighted by molar-refractivity contribution is 5.86. The number of amides is 1. The second-order valence-electron chi connectivity index (χ2n) is 8.91. The van der Waals surface area contributed by atoms with Crippen molar-refractivity contribution in [3.8, 4) is 11.8 Å². The maximum atomic E-state index is 12.3. The van der Waals surface area contributed by atoms with Crippen LogP contribution in [0.3, 0.4) is 0 Å². The number of primary amides is 1. The molecule has 3 aromatic rings. The first-order chi connectivity index (χ1) is 15.8. The van der Waals surface area contributed by atoms with Crippen LogP contribution in [-0.4, -0.2) is 55.9 Å². The number of hydrogen-bond donors (Lipinski definition) is 4. The van der Waals surface area contributed by atoms with E-state index in [4.69, 9.17) is 10.2 Å². The van der Waals surface area contributed by atoms with Gasteiger partial charge >= 0.3 is 0 Å². The first kappa shape index (κ1) is 21.4. The Hall–Kier alpha value is -3.42. The van der Waals surface area contributed by atoms with Crippen molar-refractivity contribution in [2.24, 2.45) is 28.9 Å². The first-order valence-electron chi connectivity index (χ1n) is 10.9. The number of aliphatic hydroxyl groups is 2. The number of carbonyl (C=O) groups is 1. The fourth-order valence-electron chi connectivity index (χ4n) is 5.59. The molecule has 0 spiro atoms. The molecule has 5 N–H and O–H groups in total. The molecular weight excluding hydrogens is 424 g/mol. The number of aliphatic hydroxyl groups excluding tert-OH is 2. The summed E-state index contributed by atoms with van der Waals surface area (Å²) in [4.78, 5) is 25.9. The maximum Gasteiger partial charge on any atom is 0.224 e. The Labute approximate surface area is 190 Å². The van der Waals surface area contributed by atoms with Gasteiger partial charge in [0.1, 0.15) is 5.76 Å². The number of nitrogens with two attached hydrogens (primary N) is 1. The van der Waals surface area contributed by atoms with Gasteiger partial charge < -0.3 is 30.2 Å². The number of rotatable bonds is 5. The molecule has 2 saturated carbocycles. The molecule has 5 rings (SSSR count). The number of aryl methyl sites for hydroxylation is 2. The molecule has 5 unspecified atom stereocenters. The van der Waals surface area contributed by atoms with Crippen LogP contribution in [0.2, 0.25) is 0 Å². The largest absolute Gasteiger partial charge is 0.453 e. The highest BCUT2D eigenvalue weighted by Gasteiger charge is 2.74. The SMILES string of the molecule is CNc1nc(C#Cc2cc(C)c(C)o2)nc2c1ncn2C1C(CO)C(CO)C2(C(N)=O)CC12. The quantitative estimate of drug-likeness (QED) is 0.415. The molecule has 0 aliphatic heterocycles. The van der Waals surface area contributed by atoms with E-state index in [0.717, 1.165) is 11.3 Å². The number of nitrogens with one attached hydrogen (secondary N) is 1. The molecule has 10 heteroatoms. The Morgan fingerprint density at radius 3 is 2.73 bits per heavy atom. The average molecular weight is 450 g/mol. The van der Waals surface area contributed by atoms with Crippen LogP contribution in [0.1, 0.15) is 35.4 Å². The normalized spacial score (nSPS) is 27.8. The summed E-state index contributed by atoms with van der Waals surface area (Å²) in [7, 11) is 1.74. The Morgan fingerprint density at radius 1 is 1.33 bits per heavy atom. The van der Waals surface area contributed by atoms with E-state index in [9.17, 15) is 15.0 Å². The lowest BCUT2D eigenvalue weighted by molar-refractivity contribution is -0.126. The Balaban J connectivity index is 1.60. The monoisotopic (exact) mass is 450 g/mol. The predicted octanol–water partition coefficient (Wildman–Crippen LogP) is 0.741. The van der Waals surface area contributed by atoms with Gasteiger partial charge in [-0.2, -0.15) is 0 Å². The Morgan fingerprint density at radius 2 is 2.12 bits per heavy atom. The maximum absolute atomic E-state index is 12.3. The second-order valence-corrected chi connectivity index (χ2v) is 8.91. The lowest BCUT2D eigenvalue weighted by Crippen LogP contribution is -2.36. The summed E-state index contributed by atoms with van der Waals surface area (Å²) in [6.45, 7) is 3.43. The minimum absolute atomic E-state index is 0.0988. The van der Waals surface area contributed by atoms with Crippen molar-refractivity contribution >= 4 is 22.9 Å². The molecule has 5 atom stereocenters. The number of furan rings is 1. The van der Waals surface area contributed by atoms with Crippen molar-refractivity contribution in [2.45, 2.75) is 26.3 Å². The smallest absolute Gasteiger partial charge is 0.224 e. The van der Waals surface area contributed by atoms with Gasteiger partial charge in [-0.25, -0.2) is 15.0 Å². The van der Waals surface area contributed by atoms with Crippen molar-refractivity contribution in [1.82, 2.24) is 19.5 Å². The summed E-state index contributed by atoms with van der Waals surface area (Å²) < 4.78 is 7.49. The minimum atomic E-state index is -0.806. The molecule has 0 aromatic carbocycles.